The molecule has 0 aliphatic rings. The molecule has 0 amide bonds. The van der Waals surface area contributed by atoms with E-state index in [0.717, 1.165) is 21.4 Å². The Morgan fingerprint density at radius 1 is 1.16 bits per heavy atom. The number of rotatable bonds is 3. The molecule has 2 nitrogen and oxygen atoms in total. The molecule has 0 heterocycles. The molecule has 0 spiro atoms. The minimum Gasteiger partial charge on any atom is -0.389 e. The second-order valence-electron chi connectivity index (χ2n) is 3.81. The van der Waals surface area contributed by atoms with E-state index in [4.69, 9.17) is 18.0 Å². The average molecular weight is 404 g/mol. The second-order valence-corrected chi connectivity index (χ2v) is 6.02. The Balaban J connectivity index is 2.39. The Bertz CT molecular complexity index is 647. The van der Waals surface area contributed by atoms with E-state index in [1.165, 1.54) is 6.07 Å². The molecule has 0 aliphatic carbocycles. The van der Waals surface area contributed by atoms with E-state index in [9.17, 15) is 4.39 Å². The highest BCUT2D eigenvalue weighted by Gasteiger charge is 2.07. The lowest BCUT2D eigenvalue weighted by molar-refractivity contribution is 0.621. The predicted molar refractivity (Wildman–Crippen MR) is 87.4 cm³/mol. The molecule has 2 rings (SSSR count). The van der Waals surface area contributed by atoms with Gasteiger partial charge in [0.1, 0.15) is 10.8 Å². The van der Waals surface area contributed by atoms with Crippen LogP contribution in [0.3, 0.4) is 0 Å². The molecule has 0 atom stereocenters. The van der Waals surface area contributed by atoms with Gasteiger partial charge in [-0.25, -0.2) is 4.39 Å². The van der Waals surface area contributed by atoms with Gasteiger partial charge in [0.05, 0.1) is 4.47 Å². The quantitative estimate of drug-likeness (QED) is 0.727. The van der Waals surface area contributed by atoms with Crippen molar-refractivity contribution >= 4 is 60.4 Å². The molecule has 0 radical (unpaired) electrons. The molecule has 0 saturated heterocycles. The Hall–Kier alpha value is -0.980. The molecule has 0 unspecified atom stereocenters. The van der Waals surface area contributed by atoms with Gasteiger partial charge in [-0.05, 0) is 52.3 Å². The monoisotopic (exact) mass is 402 g/mol. The molecule has 6 heteroatoms. The van der Waals surface area contributed by atoms with E-state index in [-0.39, 0.29) is 5.82 Å². The van der Waals surface area contributed by atoms with Crippen LogP contribution in [0.4, 0.5) is 15.8 Å². The van der Waals surface area contributed by atoms with Gasteiger partial charge in [-0.2, -0.15) is 0 Å². The minimum absolute atomic E-state index is 0.302. The van der Waals surface area contributed by atoms with Gasteiger partial charge in [0.2, 0.25) is 0 Å². The molecular formula is C13H9Br2FN2S. The molecule has 98 valence electrons. The van der Waals surface area contributed by atoms with E-state index in [1.54, 1.807) is 12.1 Å². The van der Waals surface area contributed by atoms with Crippen molar-refractivity contribution in [2.45, 2.75) is 0 Å². The topological polar surface area (TPSA) is 38.0 Å². The van der Waals surface area contributed by atoms with Crippen molar-refractivity contribution in [2.75, 3.05) is 5.32 Å². The number of nitrogens with two attached hydrogens (primary N) is 1. The summed E-state index contributed by atoms with van der Waals surface area (Å²) in [7, 11) is 0. The number of hydrogen-bond donors (Lipinski definition) is 2. The van der Waals surface area contributed by atoms with Crippen molar-refractivity contribution in [1.82, 2.24) is 0 Å². The Labute approximate surface area is 132 Å². The van der Waals surface area contributed by atoms with Crippen LogP contribution in [-0.2, 0) is 0 Å². The maximum atomic E-state index is 13.2. The summed E-state index contributed by atoms with van der Waals surface area (Å²) in [5, 5.41) is 3.17. The molecule has 0 bridgehead atoms. The molecule has 0 fully saturated rings. The lowest BCUT2D eigenvalue weighted by Gasteiger charge is -2.12. The first kappa shape index (κ1) is 14.4. The fraction of sp³-hybridized carbons (Fsp3) is 0. The normalized spacial score (nSPS) is 10.3. The average Bonchev–Trinajstić information content (AvgIpc) is 2.33. The van der Waals surface area contributed by atoms with Crippen LogP contribution in [-0.4, -0.2) is 4.99 Å². The predicted octanol–water partition coefficient (Wildman–Crippen LogP) is 4.73. The Morgan fingerprint density at radius 2 is 1.89 bits per heavy atom. The SMILES string of the molecule is NC(=S)c1ccc(Br)cc1Nc1ccc(F)c(Br)c1. The zero-order valence-corrected chi connectivity index (χ0v) is 13.6. The minimum atomic E-state index is -0.311. The summed E-state index contributed by atoms with van der Waals surface area (Å²) in [4.78, 5) is 0.302. The van der Waals surface area contributed by atoms with Crippen LogP contribution >= 0.6 is 44.1 Å². The van der Waals surface area contributed by atoms with Crippen molar-refractivity contribution in [3.05, 3.63) is 56.7 Å². The van der Waals surface area contributed by atoms with E-state index in [2.05, 4.69) is 37.2 Å². The molecule has 19 heavy (non-hydrogen) atoms. The maximum Gasteiger partial charge on any atom is 0.137 e. The lowest BCUT2D eigenvalue weighted by atomic mass is 10.1. The first-order valence-corrected chi connectivity index (χ1v) is 7.28. The largest absolute Gasteiger partial charge is 0.389 e. The number of benzene rings is 2. The van der Waals surface area contributed by atoms with Gasteiger partial charge in [-0.1, -0.05) is 28.1 Å². The van der Waals surface area contributed by atoms with E-state index in [0.29, 0.717) is 9.46 Å². The van der Waals surface area contributed by atoms with Crippen LogP contribution in [0.15, 0.2) is 45.3 Å². The summed E-state index contributed by atoms with van der Waals surface area (Å²) in [6, 6.07) is 10.2. The second kappa shape index (κ2) is 5.98. The Kier molecular flexibility index (Phi) is 4.54. The molecule has 0 saturated carbocycles. The van der Waals surface area contributed by atoms with Crippen LogP contribution in [0.1, 0.15) is 5.56 Å². The molecule has 0 aromatic heterocycles. The van der Waals surface area contributed by atoms with Gasteiger partial charge < -0.3 is 11.1 Å². The third-order valence-corrected chi connectivity index (χ3v) is 3.77. The van der Waals surface area contributed by atoms with Crippen LogP contribution < -0.4 is 11.1 Å². The smallest absolute Gasteiger partial charge is 0.137 e. The molecular weight excluding hydrogens is 395 g/mol. The van der Waals surface area contributed by atoms with Gasteiger partial charge in [0.25, 0.3) is 0 Å². The van der Waals surface area contributed by atoms with E-state index in [1.807, 2.05) is 18.2 Å². The van der Waals surface area contributed by atoms with Crippen molar-refractivity contribution in [3.63, 3.8) is 0 Å². The van der Waals surface area contributed by atoms with E-state index < -0.39 is 0 Å². The molecule has 0 aliphatic heterocycles. The van der Waals surface area contributed by atoms with Gasteiger partial charge in [0.15, 0.2) is 0 Å². The third kappa shape index (κ3) is 3.52. The van der Waals surface area contributed by atoms with Crippen molar-refractivity contribution in [2.24, 2.45) is 5.73 Å². The first-order valence-electron chi connectivity index (χ1n) is 5.29. The van der Waals surface area contributed by atoms with Crippen LogP contribution in [0.2, 0.25) is 0 Å². The van der Waals surface area contributed by atoms with Gasteiger partial charge in [-0.15, -0.1) is 0 Å². The zero-order chi connectivity index (χ0) is 14.0. The summed E-state index contributed by atoms with van der Waals surface area (Å²) < 4.78 is 14.5. The first-order chi connectivity index (χ1) is 8.97. The number of hydrogen-bond acceptors (Lipinski definition) is 2. The maximum absolute atomic E-state index is 13.2. The van der Waals surface area contributed by atoms with Crippen LogP contribution in [0.5, 0.6) is 0 Å². The lowest BCUT2D eigenvalue weighted by Crippen LogP contribution is -2.11. The highest BCUT2D eigenvalue weighted by atomic mass is 79.9. The summed E-state index contributed by atoms with van der Waals surface area (Å²) in [6.45, 7) is 0. The highest BCUT2D eigenvalue weighted by molar-refractivity contribution is 9.10. The summed E-state index contributed by atoms with van der Waals surface area (Å²) in [5.74, 6) is -0.311. The van der Waals surface area contributed by atoms with Crippen molar-refractivity contribution in [1.29, 1.82) is 0 Å². The summed E-state index contributed by atoms with van der Waals surface area (Å²) in [6.07, 6.45) is 0. The van der Waals surface area contributed by atoms with Gasteiger partial charge in [-0.3, -0.25) is 0 Å². The number of nitrogens with one attached hydrogen (secondary N) is 1. The van der Waals surface area contributed by atoms with Crippen LogP contribution in [0, 0.1) is 5.82 Å². The van der Waals surface area contributed by atoms with E-state index >= 15 is 0 Å². The van der Waals surface area contributed by atoms with Gasteiger partial charge >= 0.3 is 0 Å². The molecule has 2 aromatic carbocycles. The standard InChI is InChI=1S/C13H9Br2FN2S/c14-7-1-3-9(13(17)19)12(5-7)18-8-2-4-11(16)10(15)6-8/h1-6,18H,(H2,17,19). The van der Waals surface area contributed by atoms with Crippen molar-refractivity contribution in [3.8, 4) is 0 Å². The number of anilines is 2. The van der Waals surface area contributed by atoms with Gasteiger partial charge in [0, 0.05) is 21.4 Å². The summed E-state index contributed by atoms with van der Waals surface area (Å²) >= 11 is 11.5. The Morgan fingerprint density at radius 3 is 2.53 bits per heavy atom. The highest BCUT2D eigenvalue weighted by Crippen LogP contribution is 2.27. The molecule has 3 N–H and O–H groups in total. The number of halogens is 3. The van der Waals surface area contributed by atoms with Crippen molar-refractivity contribution < 1.29 is 4.39 Å². The number of thiocarbonyl (C=S) groups is 1. The third-order valence-electron chi connectivity index (χ3n) is 2.45. The molecule has 2 aromatic rings. The fourth-order valence-corrected chi connectivity index (χ4v) is 2.48. The summed E-state index contributed by atoms with van der Waals surface area (Å²) in [5.41, 5.74) is 7.92. The fourth-order valence-electron chi connectivity index (χ4n) is 1.56. The van der Waals surface area contributed by atoms with Crippen LogP contribution in [0.25, 0.3) is 0 Å². The zero-order valence-electron chi connectivity index (χ0n) is 9.58.